The number of Topliss-reactive ketones (excluding diaryl/α,β-unsaturated/α-hetero) is 1. The first-order chi connectivity index (χ1) is 16.9. The van der Waals surface area contributed by atoms with E-state index in [1.165, 1.54) is 0 Å². The molecule has 35 heavy (non-hydrogen) atoms. The van der Waals surface area contributed by atoms with Crippen molar-refractivity contribution in [2.75, 3.05) is 5.73 Å². The van der Waals surface area contributed by atoms with Gasteiger partial charge in [-0.25, -0.2) is 4.98 Å². The summed E-state index contributed by atoms with van der Waals surface area (Å²) >= 11 is 13.5. The van der Waals surface area contributed by atoms with Gasteiger partial charge in [-0.2, -0.15) is 10.5 Å². The first kappa shape index (κ1) is 24.3. The summed E-state index contributed by atoms with van der Waals surface area (Å²) in [5, 5.41) is 20.3. The van der Waals surface area contributed by atoms with Crippen LogP contribution >= 0.6 is 35.0 Å². The molecule has 4 aromatic rings. The van der Waals surface area contributed by atoms with Gasteiger partial charge in [0, 0.05) is 26.7 Å². The predicted molar refractivity (Wildman–Crippen MR) is 139 cm³/mol. The first-order valence-electron chi connectivity index (χ1n) is 10.3. The Morgan fingerprint density at radius 3 is 2.14 bits per heavy atom. The molecule has 0 saturated carbocycles. The van der Waals surface area contributed by atoms with Crippen molar-refractivity contribution in [2.45, 2.75) is 10.3 Å². The lowest BCUT2D eigenvalue weighted by atomic mass is 9.97. The fraction of sp³-hybridized carbons (Fsp3) is 0.0370. The molecule has 1 heterocycles. The molecule has 3 aromatic carbocycles. The Morgan fingerprint density at radius 2 is 1.51 bits per heavy atom. The number of carbonyl (C=O) groups excluding carboxylic acids is 1. The van der Waals surface area contributed by atoms with Gasteiger partial charge in [0.2, 0.25) is 0 Å². The van der Waals surface area contributed by atoms with E-state index in [2.05, 4.69) is 11.1 Å². The van der Waals surface area contributed by atoms with Crippen molar-refractivity contribution in [2.24, 2.45) is 0 Å². The van der Waals surface area contributed by atoms with Gasteiger partial charge in [-0.1, -0.05) is 83.5 Å². The van der Waals surface area contributed by atoms with Crippen LogP contribution in [0.3, 0.4) is 0 Å². The maximum absolute atomic E-state index is 13.6. The molecule has 4 rings (SSSR count). The highest BCUT2D eigenvalue weighted by molar-refractivity contribution is 8.00. The monoisotopic (exact) mass is 514 g/mol. The highest BCUT2D eigenvalue weighted by Gasteiger charge is 2.28. The number of aromatic nitrogens is 1. The molecule has 0 spiro atoms. The molecular weight excluding hydrogens is 499 g/mol. The van der Waals surface area contributed by atoms with Crippen LogP contribution in [0.2, 0.25) is 10.0 Å². The number of nitrogen functional groups attached to an aromatic ring is 1. The quantitative estimate of drug-likeness (QED) is 0.217. The number of nitrogens with zero attached hydrogens (tertiary/aromatic N) is 3. The molecule has 170 valence electrons. The van der Waals surface area contributed by atoms with Crippen LogP contribution in [0.4, 0.5) is 5.82 Å². The Kier molecular flexibility index (Phi) is 7.39. The number of carbonyl (C=O) groups is 1. The lowest BCUT2D eigenvalue weighted by molar-refractivity contribution is 0.0989. The van der Waals surface area contributed by atoms with Crippen LogP contribution in [-0.4, -0.2) is 10.8 Å². The third-order valence-electron chi connectivity index (χ3n) is 5.26. The van der Waals surface area contributed by atoms with Gasteiger partial charge in [-0.15, -0.1) is 0 Å². The Morgan fingerprint density at radius 1 is 0.886 bits per heavy atom. The van der Waals surface area contributed by atoms with Crippen LogP contribution in [0.1, 0.15) is 32.3 Å². The van der Waals surface area contributed by atoms with Gasteiger partial charge < -0.3 is 5.73 Å². The number of nitrogens with two attached hydrogens (primary N) is 1. The number of ketones is 1. The average molecular weight is 515 g/mol. The number of thioether (sulfide) groups is 1. The maximum atomic E-state index is 13.6. The van der Waals surface area contributed by atoms with E-state index in [1.54, 1.807) is 48.5 Å². The zero-order valence-electron chi connectivity index (χ0n) is 18.1. The molecule has 0 radical (unpaired) electrons. The van der Waals surface area contributed by atoms with E-state index in [0.717, 1.165) is 17.3 Å². The average Bonchev–Trinajstić information content (AvgIpc) is 2.88. The van der Waals surface area contributed by atoms with Gasteiger partial charge in [0.25, 0.3) is 0 Å². The van der Waals surface area contributed by atoms with E-state index in [0.29, 0.717) is 26.7 Å². The van der Waals surface area contributed by atoms with E-state index < -0.39 is 5.25 Å². The third kappa shape index (κ3) is 5.01. The predicted octanol–water partition coefficient (Wildman–Crippen LogP) is 7.10. The first-order valence-corrected chi connectivity index (χ1v) is 12.0. The third-order valence-corrected chi connectivity index (χ3v) is 7.08. The van der Waals surface area contributed by atoms with Crippen LogP contribution in [0.5, 0.6) is 0 Å². The van der Waals surface area contributed by atoms with Gasteiger partial charge in [-0.05, 0) is 35.9 Å². The molecule has 0 amide bonds. The molecule has 2 N–H and O–H groups in total. The van der Waals surface area contributed by atoms with Gasteiger partial charge >= 0.3 is 0 Å². The highest BCUT2D eigenvalue weighted by atomic mass is 35.5. The zero-order valence-corrected chi connectivity index (χ0v) is 20.4. The number of rotatable bonds is 6. The van der Waals surface area contributed by atoms with E-state index >= 15 is 0 Å². The standard InChI is InChI=1S/C27H16Cl2N4OS/c28-18-12-10-16(11-13-18)24(34)25(17-6-2-1-3-7-17)35-27-21(15-31)23(20(14-30)26(32)33-27)19-8-4-5-9-22(19)29/h1-13,25H,(H2,32,33). The Hall–Kier alpha value is -3.81. The Bertz CT molecular complexity index is 1490. The van der Waals surface area contributed by atoms with Crippen molar-refractivity contribution in [1.29, 1.82) is 10.5 Å². The van der Waals surface area contributed by atoms with Crippen LogP contribution in [0, 0.1) is 22.7 Å². The zero-order chi connectivity index (χ0) is 24.9. The van der Waals surface area contributed by atoms with Crippen LogP contribution in [0.25, 0.3) is 11.1 Å². The lowest BCUT2D eigenvalue weighted by Gasteiger charge is -2.19. The summed E-state index contributed by atoms with van der Waals surface area (Å²) in [6.07, 6.45) is 0. The molecule has 8 heteroatoms. The Balaban J connectivity index is 1.90. The van der Waals surface area contributed by atoms with E-state index in [9.17, 15) is 15.3 Å². The van der Waals surface area contributed by atoms with Crippen molar-refractivity contribution in [1.82, 2.24) is 4.98 Å². The minimum absolute atomic E-state index is 0.0466. The van der Waals surface area contributed by atoms with Crippen molar-refractivity contribution in [3.63, 3.8) is 0 Å². The smallest absolute Gasteiger partial charge is 0.180 e. The van der Waals surface area contributed by atoms with Crippen molar-refractivity contribution < 1.29 is 4.79 Å². The van der Waals surface area contributed by atoms with Gasteiger partial charge in [0.1, 0.15) is 28.5 Å². The number of anilines is 1. The van der Waals surface area contributed by atoms with Gasteiger partial charge in [-0.3, -0.25) is 4.79 Å². The number of halogens is 2. The summed E-state index contributed by atoms with van der Waals surface area (Å²) in [5.41, 5.74) is 8.31. The van der Waals surface area contributed by atoms with E-state index in [-0.39, 0.29) is 27.8 Å². The fourth-order valence-electron chi connectivity index (χ4n) is 3.59. The molecule has 1 unspecified atom stereocenters. The van der Waals surface area contributed by atoms with Gasteiger partial charge in [0.05, 0.1) is 10.8 Å². The van der Waals surface area contributed by atoms with Gasteiger partial charge in [0.15, 0.2) is 5.78 Å². The number of hydrogen-bond acceptors (Lipinski definition) is 6. The summed E-state index contributed by atoms with van der Waals surface area (Å²) in [4.78, 5) is 18.0. The van der Waals surface area contributed by atoms with Crippen LogP contribution in [-0.2, 0) is 0 Å². The molecule has 0 aliphatic heterocycles. The second-order valence-corrected chi connectivity index (χ2v) is 9.35. The fourth-order valence-corrected chi connectivity index (χ4v) is 5.13. The van der Waals surface area contributed by atoms with E-state index in [4.69, 9.17) is 28.9 Å². The minimum Gasteiger partial charge on any atom is -0.383 e. The molecule has 0 aliphatic rings. The second-order valence-electron chi connectivity index (χ2n) is 7.41. The summed E-state index contributed by atoms with van der Waals surface area (Å²) < 4.78 is 0. The number of nitriles is 2. The molecule has 0 fully saturated rings. The van der Waals surface area contributed by atoms with Crippen molar-refractivity contribution in [3.05, 3.63) is 111 Å². The largest absolute Gasteiger partial charge is 0.383 e. The number of hydrogen-bond donors (Lipinski definition) is 1. The summed E-state index contributed by atoms with van der Waals surface area (Å²) in [6.45, 7) is 0. The number of benzene rings is 3. The SMILES string of the molecule is N#Cc1c(N)nc(SC(C(=O)c2ccc(Cl)cc2)c2ccccc2)c(C#N)c1-c1ccccc1Cl. The number of pyridine rings is 1. The molecule has 5 nitrogen and oxygen atoms in total. The topological polar surface area (TPSA) is 104 Å². The highest BCUT2D eigenvalue weighted by Crippen LogP contribution is 2.43. The molecule has 1 aromatic heterocycles. The van der Waals surface area contributed by atoms with Crippen molar-refractivity contribution in [3.8, 4) is 23.3 Å². The summed E-state index contributed by atoms with van der Waals surface area (Å²) in [7, 11) is 0. The molecule has 1 atom stereocenters. The molecular formula is C27H16Cl2N4OS. The van der Waals surface area contributed by atoms with E-state index in [1.807, 2.05) is 36.4 Å². The second kappa shape index (κ2) is 10.6. The molecule has 0 bridgehead atoms. The summed E-state index contributed by atoms with van der Waals surface area (Å²) in [5.74, 6) is -0.236. The van der Waals surface area contributed by atoms with Crippen LogP contribution < -0.4 is 5.73 Å². The normalized spacial score (nSPS) is 11.3. The maximum Gasteiger partial charge on any atom is 0.180 e. The molecule has 0 aliphatic carbocycles. The summed E-state index contributed by atoms with van der Waals surface area (Å²) in [6, 6.07) is 26.9. The van der Waals surface area contributed by atoms with Crippen molar-refractivity contribution >= 4 is 46.6 Å². The van der Waals surface area contributed by atoms with Crippen LogP contribution in [0.15, 0.2) is 83.9 Å². The molecule has 0 saturated heterocycles. The lowest BCUT2D eigenvalue weighted by Crippen LogP contribution is -2.12. The Labute approximate surface area is 216 Å². The minimum atomic E-state index is -0.733.